The van der Waals surface area contributed by atoms with Crippen LogP contribution in [-0.2, 0) is 11.2 Å². The van der Waals surface area contributed by atoms with Crippen LogP contribution in [0.1, 0.15) is 25.5 Å². The highest BCUT2D eigenvalue weighted by atomic mass is 16.1. The van der Waals surface area contributed by atoms with E-state index in [1.807, 2.05) is 32.2 Å². The van der Waals surface area contributed by atoms with Crippen molar-refractivity contribution in [2.24, 2.45) is 0 Å². The molecular formula is C13H16N4O. The van der Waals surface area contributed by atoms with Crippen molar-refractivity contribution in [1.82, 2.24) is 14.8 Å². The lowest BCUT2D eigenvalue weighted by atomic mass is 10.2. The Hall–Kier alpha value is -2.17. The SMILES string of the molecule is CC(C)n1cc(NC(=O)Cc2cccnc2)cn1. The highest BCUT2D eigenvalue weighted by Gasteiger charge is 2.06. The average Bonchev–Trinajstić information content (AvgIpc) is 2.78. The lowest BCUT2D eigenvalue weighted by molar-refractivity contribution is -0.115. The second kappa shape index (κ2) is 5.44. The molecule has 0 fully saturated rings. The minimum atomic E-state index is -0.0636. The lowest BCUT2D eigenvalue weighted by Crippen LogP contribution is -2.14. The molecule has 1 N–H and O–H groups in total. The molecule has 5 heteroatoms. The molecule has 0 bridgehead atoms. The van der Waals surface area contributed by atoms with Crippen LogP contribution in [0.2, 0.25) is 0 Å². The maximum absolute atomic E-state index is 11.8. The first-order valence-electron chi connectivity index (χ1n) is 5.88. The molecule has 2 aromatic rings. The Kier molecular flexibility index (Phi) is 3.72. The number of amides is 1. The highest BCUT2D eigenvalue weighted by Crippen LogP contribution is 2.10. The minimum absolute atomic E-state index is 0.0636. The van der Waals surface area contributed by atoms with E-state index in [0.717, 1.165) is 11.3 Å². The van der Waals surface area contributed by atoms with E-state index in [4.69, 9.17) is 0 Å². The Labute approximate surface area is 106 Å². The largest absolute Gasteiger partial charge is 0.323 e. The number of aromatic nitrogens is 3. The van der Waals surface area contributed by atoms with Crippen molar-refractivity contribution in [2.45, 2.75) is 26.3 Å². The Morgan fingerprint density at radius 2 is 2.28 bits per heavy atom. The first-order chi connectivity index (χ1) is 8.65. The van der Waals surface area contributed by atoms with Crippen molar-refractivity contribution in [3.63, 3.8) is 0 Å². The molecule has 0 radical (unpaired) electrons. The second-order valence-electron chi connectivity index (χ2n) is 4.39. The quantitative estimate of drug-likeness (QED) is 0.895. The molecule has 0 aromatic carbocycles. The van der Waals surface area contributed by atoms with E-state index >= 15 is 0 Å². The Bertz CT molecular complexity index is 519. The molecular weight excluding hydrogens is 228 g/mol. The van der Waals surface area contributed by atoms with E-state index in [0.29, 0.717) is 6.42 Å². The van der Waals surface area contributed by atoms with Crippen molar-refractivity contribution in [3.8, 4) is 0 Å². The molecule has 0 saturated carbocycles. The van der Waals surface area contributed by atoms with Crippen molar-refractivity contribution in [3.05, 3.63) is 42.5 Å². The van der Waals surface area contributed by atoms with E-state index in [1.165, 1.54) is 0 Å². The summed E-state index contributed by atoms with van der Waals surface area (Å²) in [6.45, 7) is 4.07. The summed E-state index contributed by atoms with van der Waals surface area (Å²) >= 11 is 0. The molecule has 0 unspecified atom stereocenters. The van der Waals surface area contributed by atoms with Crippen LogP contribution in [-0.4, -0.2) is 20.7 Å². The molecule has 0 atom stereocenters. The molecule has 2 heterocycles. The lowest BCUT2D eigenvalue weighted by Gasteiger charge is -2.04. The van der Waals surface area contributed by atoms with Gasteiger partial charge in [0.1, 0.15) is 0 Å². The van der Waals surface area contributed by atoms with Gasteiger partial charge in [-0.15, -0.1) is 0 Å². The minimum Gasteiger partial charge on any atom is -0.323 e. The first-order valence-corrected chi connectivity index (χ1v) is 5.88. The third-order valence-corrected chi connectivity index (χ3v) is 2.50. The van der Waals surface area contributed by atoms with Gasteiger partial charge in [-0.05, 0) is 25.5 Å². The molecule has 0 aliphatic rings. The number of nitrogens with zero attached hydrogens (tertiary/aromatic N) is 3. The molecule has 18 heavy (non-hydrogen) atoms. The van der Waals surface area contributed by atoms with Crippen LogP contribution in [0.5, 0.6) is 0 Å². The fraction of sp³-hybridized carbons (Fsp3) is 0.308. The topological polar surface area (TPSA) is 59.8 Å². The molecule has 5 nitrogen and oxygen atoms in total. The summed E-state index contributed by atoms with van der Waals surface area (Å²) in [6, 6.07) is 3.98. The summed E-state index contributed by atoms with van der Waals surface area (Å²) in [4.78, 5) is 15.8. The fourth-order valence-corrected chi connectivity index (χ4v) is 1.58. The number of hydrogen-bond donors (Lipinski definition) is 1. The van der Waals surface area contributed by atoms with Gasteiger partial charge in [0.2, 0.25) is 5.91 Å². The van der Waals surface area contributed by atoms with Gasteiger partial charge >= 0.3 is 0 Å². The average molecular weight is 244 g/mol. The normalized spacial score (nSPS) is 10.6. The molecule has 0 aliphatic heterocycles. The van der Waals surface area contributed by atoms with Gasteiger partial charge < -0.3 is 5.32 Å². The molecule has 2 rings (SSSR count). The van der Waals surface area contributed by atoms with Gasteiger partial charge in [0, 0.05) is 24.6 Å². The Morgan fingerprint density at radius 1 is 1.44 bits per heavy atom. The first kappa shape index (κ1) is 12.3. The van der Waals surface area contributed by atoms with Crippen molar-refractivity contribution >= 4 is 11.6 Å². The van der Waals surface area contributed by atoms with Gasteiger partial charge in [0.05, 0.1) is 18.3 Å². The smallest absolute Gasteiger partial charge is 0.228 e. The van der Waals surface area contributed by atoms with Gasteiger partial charge in [-0.2, -0.15) is 5.10 Å². The van der Waals surface area contributed by atoms with Crippen LogP contribution in [0.25, 0.3) is 0 Å². The van der Waals surface area contributed by atoms with Crippen LogP contribution >= 0.6 is 0 Å². The van der Waals surface area contributed by atoms with Crippen LogP contribution in [0.15, 0.2) is 36.9 Å². The number of pyridine rings is 1. The Morgan fingerprint density at radius 3 is 2.89 bits per heavy atom. The summed E-state index contributed by atoms with van der Waals surface area (Å²) in [5.41, 5.74) is 1.61. The number of carbonyl (C=O) groups is 1. The summed E-state index contributed by atoms with van der Waals surface area (Å²) in [7, 11) is 0. The second-order valence-corrected chi connectivity index (χ2v) is 4.39. The van der Waals surface area contributed by atoms with Crippen LogP contribution in [0.3, 0.4) is 0 Å². The van der Waals surface area contributed by atoms with Crippen molar-refractivity contribution in [2.75, 3.05) is 5.32 Å². The van der Waals surface area contributed by atoms with E-state index < -0.39 is 0 Å². The van der Waals surface area contributed by atoms with Crippen LogP contribution in [0, 0.1) is 0 Å². The maximum Gasteiger partial charge on any atom is 0.228 e. The van der Waals surface area contributed by atoms with Gasteiger partial charge in [-0.1, -0.05) is 6.07 Å². The zero-order valence-corrected chi connectivity index (χ0v) is 10.5. The number of nitrogens with one attached hydrogen (secondary N) is 1. The van der Waals surface area contributed by atoms with Gasteiger partial charge in [0.15, 0.2) is 0 Å². The number of rotatable bonds is 4. The molecule has 94 valence electrons. The van der Waals surface area contributed by atoms with E-state index in [2.05, 4.69) is 15.4 Å². The van der Waals surface area contributed by atoms with E-state index in [9.17, 15) is 4.79 Å². The summed E-state index contributed by atoms with van der Waals surface area (Å²) in [5, 5.41) is 6.98. The molecule has 0 saturated heterocycles. The van der Waals surface area contributed by atoms with Gasteiger partial charge in [-0.3, -0.25) is 14.5 Å². The fourth-order valence-electron chi connectivity index (χ4n) is 1.58. The third-order valence-electron chi connectivity index (χ3n) is 2.50. The standard InChI is InChI=1S/C13H16N4O/c1-10(2)17-9-12(8-15-17)16-13(18)6-11-4-3-5-14-7-11/h3-5,7-10H,6H2,1-2H3,(H,16,18). The van der Waals surface area contributed by atoms with E-state index in [-0.39, 0.29) is 11.9 Å². The van der Waals surface area contributed by atoms with Crippen LogP contribution < -0.4 is 5.32 Å². The number of anilines is 1. The number of hydrogen-bond acceptors (Lipinski definition) is 3. The summed E-state index contributed by atoms with van der Waals surface area (Å²) in [6.07, 6.45) is 7.18. The molecule has 2 aromatic heterocycles. The van der Waals surface area contributed by atoms with Crippen molar-refractivity contribution < 1.29 is 4.79 Å². The van der Waals surface area contributed by atoms with Gasteiger partial charge in [0.25, 0.3) is 0 Å². The summed E-state index contributed by atoms with van der Waals surface area (Å²) < 4.78 is 1.81. The number of carbonyl (C=O) groups excluding carboxylic acids is 1. The zero-order valence-electron chi connectivity index (χ0n) is 10.5. The predicted molar refractivity (Wildman–Crippen MR) is 69.2 cm³/mol. The zero-order chi connectivity index (χ0) is 13.0. The molecule has 0 aliphatic carbocycles. The van der Waals surface area contributed by atoms with E-state index in [1.54, 1.807) is 23.3 Å². The highest BCUT2D eigenvalue weighted by molar-refractivity contribution is 5.91. The molecule has 1 amide bonds. The van der Waals surface area contributed by atoms with Crippen LogP contribution in [0.4, 0.5) is 5.69 Å². The molecule has 0 spiro atoms. The third kappa shape index (κ3) is 3.16. The Balaban J connectivity index is 1.95. The monoisotopic (exact) mass is 244 g/mol. The van der Waals surface area contributed by atoms with Crippen molar-refractivity contribution in [1.29, 1.82) is 0 Å². The predicted octanol–water partition coefficient (Wildman–Crippen LogP) is 2.04. The summed E-state index contributed by atoms with van der Waals surface area (Å²) in [5.74, 6) is -0.0636. The maximum atomic E-state index is 11.8. The van der Waals surface area contributed by atoms with Gasteiger partial charge in [-0.25, -0.2) is 0 Å².